The highest BCUT2D eigenvalue weighted by Crippen LogP contribution is 2.58. The lowest BCUT2D eigenvalue weighted by atomic mass is 9.49. The van der Waals surface area contributed by atoms with Crippen LogP contribution in [-0.2, 0) is 0 Å². The molecule has 2 aromatic carbocycles. The first-order valence-corrected chi connectivity index (χ1v) is 11.6. The minimum absolute atomic E-state index is 0.0716. The molecule has 0 radical (unpaired) electrons. The van der Waals surface area contributed by atoms with Gasteiger partial charge in [-0.25, -0.2) is 9.67 Å². The molecule has 0 spiro atoms. The van der Waals surface area contributed by atoms with E-state index < -0.39 is 0 Å². The molecular weight excluding hydrogens is 420 g/mol. The van der Waals surface area contributed by atoms with Gasteiger partial charge in [-0.05, 0) is 59.9 Å². The molecule has 3 aromatic rings. The molecule has 32 heavy (non-hydrogen) atoms. The van der Waals surface area contributed by atoms with Crippen molar-refractivity contribution >= 4 is 28.9 Å². The van der Waals surface area contributed by atoms with E-state index in [0.29, 0.717) is 11.3 Å². The number of benzene rings is 2. The summed E-state index contributed by atoms with van der Waals surface area (Å²) in [4.78, 5) is 16.2. The fourth-order valence-corrected chi connectivity index (χ4v) is 5.58. The summed E-state index contributed by atoms with van der Waals surface area (Å²) in [6.45, 7) is 4.70. The summed E-state index contributed by atoms with van der Waals surface area (Å²) >= 11 is 1.50. The fraction of sp³-hybridized carbons (Fsp3) is 0.280. The number of nitro benzene ring substituents is 1. The molecule has 0 aliphatic heterocycles. The minimum atomic E-state index is -0.386. The molecule has 0 saturated heterocycles. The van der Waals surface area contributed by atoms with Gasteiger partial charge in [0.2, 0.25) is 4.80 Å². The minimum Gasteiger partial charge on any atom is -0.258 e. The Hall–Kier alpha value is -3.32. The van der Waals surface area contributed by atoms with Crippen LogP contribution in [0, 0.1) is 27.4 Å². The zero-order valence-electron chi connectivity index (χ0n) is 18.0. The number of fused-ring (bicyclic) bond motifs is 1. The Morgan fingerprint density at radius 1 is 1.16 bits per heavy atom. The third-order valence-electron chi connectivity index (χ3n) is 6.87. The lowest BCUT2D eigenvalue weighted by Crippen LogP contribution is -2.48. The van der Waals surface area contributed by atoms with Crippen molar-refractivity contribution in [1.29, 1.82) is 0 Å². The van der Waals surface area contributed by atoms with Gasteiger partial charge in [-0.15, -0.1) is 11.3 Å². The fourth-order valence-electron chi connectivity index (χ4n) is 4.72. The molecule has 2 unspecified atom stereocenters. The average Bonchev–Trinajstić information content (AvgIpc) is 3.20. The van der Waals surface area contributed by atoms with Crippen molar-refractivity contribution in [2.45, 2.75) is 26.7 Å². The van der Waals surface area contributed by atoms with Crippen LogP contribution >= 0.6 is 11.3 Å². The van der Waals surface area contributed by atoms with E-state index in [0.717, 1.165) is 34.1 Å². The maximum Gasteiger partial charge on any atom is 0.269 e. The third kappa shape index (κ3) is 3.62. The first kappa shape index (κ1) is 20.6. The first-order chi connectivity index (χ1) is 15.4. The molecule has 1 aromatic heterocycles. The number of nitro groups is 1. The molecule has 1 fully saturated rings. The van der Waals surface area contributed by atoms with E-state index in [-0.39, 0.29) is 10.6 Å². The molecule has 7 heteroatoms. The van der Waals surface area contributed by atoms with Crippen LogP contribution in [0.4, 0.5) is 11.4 Å². The van der Waals surface area contributed by atoms with Crippen molar-refractivity contribution in [3.05, 3.63) is 86.5 Å². The van der Waals surface area contributed by atoms with E-state index in [1.807, 2.05) is 46.6 Å². The van der Waals surface area contributed by atoms with E-state index in [4.69, 9.17) is 10.1 Å². The van der Waals surface area contributed by atoms with Gasteiger partial charge in [-0.2, -0.15) is 5.10 Å². The Morgan fingerprint density at radius 3 is 2.56 bits per heavy atom. The summed E-state index contributed by atoms with van der Waals surface area (Å²) in [7, 11) is 0. The summed E-state index contributed by atoms with van der Waals surface area (Å²) in [5.74, 6) is 1.32. The standard InChI is InChI=1S/C25H24N4O2S/c1-25(2)19-11-8-18(22(25)14-19)15-26-28-23(17-9-12-21(13-10-17)29(30)31)16-32-24(28)27-20-6-4-3-5-7-20/h3-10,12-13,15-16,19,22H,11,14H2,1-2H3. The van der Waals surface area contributed by atoms with E-state index >= 15 is 0 Å². The predicted octanol–water partition coefficient (Wildman–Crippen LogP) is 6.18. The lowest BCUT2D eigenvalue weighted by molar-refractivity contribution is -0.384. The molecule has 3 aliphatic rings. The topological polar surface area (TPSA) is 72.8 Å². The van der Waals surface area contributed by atoms with Gasteiger partial charge in [-0.1, -0.05) is 38.1 Å². The molecule has 2 bridgehead atoms. The van der Waals surface area contributed by atoms with Crippen LogP contribution in [0.15, 0.2) is 81.7 Å². The maximum atomic E-state index is 11.0. The SMILES string of the molecule is CC1(C)C2CC=C(C=Nn3c(-c4ccc([N+](=O)[O-])cc4)csc3=Nc3ccccc3)C1C2. The van der Waals surface area contributed by atoms with Crippen molar-refractivity contribution in [2.24, 2.45) is 27.3 Å². The Balaban J connectivity index is 1.57. The lowest BCUT2D eigenvalue weighted by Gasteiger charge is -2.55. The molecule has 162 valence electrons. The van der Waals surface area contributed by atoms with Crippen LogP contribution in [0.1, 0.15) is 26.7 Å². The van der Waals surface area contributed by atoms with E-state index in [1.54, 1.807) is 12.1 Å². The van der Waals surface area contributed by atoms with Gasteiger partial charge in [0.15, 0.2) is 0 Å². The van der Waals surface area contributed by atoms with Crippen molar-refractivity contribution < 1.29 is 4.92 Å². The molecule has 0 amide bonds. The van der Waals surface area contributed by atoms with Crippen LogP contribution < -0.4 is 4.80 Å². The van der Waals surface area contributed by atoms with Crippen molar-refractivity contribution in [3.63, 3.8) is 0 Å². The number of hydrogen-bond donors (Lipinski definition) is 0. The molecule has 2 atom stereocenters. The summed E-state index contributed by atoms with van der Waals surface area (Å²) in [6, 6.07) is 16.4. The van der Waals surface area contributed by atoms with E-state index in [1.165, 1.54) is 35.5 Å². The smallest absolute Gasteiger partial charge is 0.258 e. The Morgan fingerprint density at radius 2 is 1.91 bits per heavy atom. The first-order valence-electron chi connectivity index (χ1n) is 10.7. The van der Waals surface area contributed by atoms with Crippen molar-refractivity contribution in [1.82, 2.24) is 4.68 Å². The summed E-state index contributed by atoms with van der Waals surface area (Å²) in [5.41, 5.74) is 4.26. The summed E-state index contributed by atoms with van der Waals surface area (Å²) < 4.78 is 1.84. The maximum absolute atomic E-state index is 11.0. The zero-order chi connectivity index (χ0) is 22.3. The largest absolute Gasteiger partial charge is 0.269 e. The highest BCUT2D eigenvalue weighted by molar-refractivity contribution is 7.07. The molecule has 1 saturated carbocycles. The number of rotatable bonds is 5. The zero-order valence-corrected chi connectivity index (χ0v) is 18.8. The normalized spacial score (nSPS) is 21.9. The van der Waals surface area contributed by atoms with Crippen LogP contribution in [0.25, 0.3) is 11.3 Å². The van der Waals surface area contributed by atoms with Gasteiger partial charge in [0.25, 0.3) is 5.69 Å². The Kier molecular flexibility index (Phi) is 5.13. The highest BCUT2D eigenvalue weighted by atomic mass is 32.1. The molecule has 3 aliphatic carbocycles. The number of thiazole rings is 1. The van der Waals surface area contributed by atoms with Crippen LogP contribution in [0.2, 0.25) is 0 Å². The van der Waals surface area contributed by atoms with E-state index in [2.05, 4.69) is 19.9 Å². The quantitative estimate of drug-likeness (QED) is 0.268. The van der Waals surface area contributed by atoms with E-state index in [9.17, 15) is 10.1 Å². The van der Waals surface area contributed by atoms with Crippen LogP contribution in [0.5, 0.6) is 0 Å². The average molecular weight is 445 g/mol. The molecule has 0 N–H and O–H groups in total. The van der Waals surface area contributed by atoms with Gasteiger partial charge in [-0.3, -0.25) is 10.1 Å². The van der Waals surface area contributed by atoms with Gasteiger partial charge >= 0.3 is 0 Å². The summed E-state index contributed by atoms with van der Waals surface area (Å²) in [6.07, 6.45) is 6.64. The van der Waals surface area contributed by atoms with Gasteiger partial charge in [0.05, 0.1) is 22.5 Å². The number of nitrogens with zero attached hydrogens (tertiary/aromatic N) is 4. The Labute approximate surface area is 190 Å². The van der Waals surface area contributed by atoms with Gasteiger partial charge in [0, 0.05) is 23.1 Å². The molecular formula is C25H24N4O2S. The summed E-state index contributed by atoms with van der Waals surface area (Å²) in [5, 5.41) is 17.9. The van der Waals surface area contributed by atoms with Crippen molar-refractivity contribution in [2.75, 3.05) is 0 Å². The number of allylic oxidation sites excluding steroid dienone is 2. The van der Waals surface area contributed by atoms with Gasteiger partial charge in [0.1, 0.15) is 0 Å². The number of para-hydroxylation sites is 1. The number of aromatic nitrogens is 1. The second kappa shape index (κ2) is 7.98. The monoisotopic (exact) mass is 444 g/mol. The second-order valence-corrected chi connectivity index (χ2v) is 9.79. The molecule has 6 rings (SSSR count). The van der Waals surface area contributed by atoms with Crippen LogP contribution in [0.3, 0.4) is 0 Å². The number of non-ortho nitro benzene ring substituents is 1. The Bertz CT molecular complexity index is 1280. The number of hydrogen-bond acceptors (Lipinski definition) is 5. The predicted molar refractivity (Wildman–Crippen MR) is 128 cm³/mol. The van der Waals surface area contributed by atoms with Crippen LogP contribution in [-0.4, -0.2) is 15.8 Å². The molecule has 6 nitrogen and oxygen atoms in total. The molecule has 1 heterocycles. The van der Waals surface area contributed by atoms with Crippen molar-refractivity contribution in [3.8, 4) is 11.3 Å². The van der Waals surface area contributed by atoms with Gasteiger partial charge < -0.3 is 0 Å². The third-order valence-corrected chi connectivity index (χ3v) is 7.69. The second-order valence-electron chi connectivity index (χ2n) is 8.96. The highest BCUT2D eigenvalue weighted by Gasteiger charge is 2.50.